The normalized spacial score (nSPS) is 10.6. The Labute approximate surface area is 143 Å². The van der Waals surface area contributed by atoms with Crippen LogP contribution in [0.4, 0.5) is 11.4 Å². The summed E-state index contributed by atoms with van der Waals surface area (Å²) < 4.78 is 5.18. The van der Waals surface area contributed by atoms with Gasteiger partial charge in [0, 0.05) is 16.9 Å². The number of carbonyl (C=O) groups is 1. The van der Waals surface area contributed by atoms with Gasteiger partial charge in [0.05, 0.1) is 12.8 Å². The lowest BCUT2D eigenvalue weighted by molar-refractivity contribution is -0.112. The highest BCUT2D eigenvalue weighted by atomic mass is 35.5. The van der Waals surface area contributed by atoms with E-state index in [1.807, 2.05) is 6.07 Å². The Morgan fingerprint density at radius 1 is 1.29 bits per heavy atom. The number of amides is 1. The second kappa shape index (κ2) is 7.90. The Hall–Kier alpha value is -3.17. The summed E-state index contributed by atoms with van der Waals surface area (Å²) >= 11 is 5.92. The number of anilines is 2. The van der Waals surface area contributed by atoms with Crippen molar-refractivity contribution in [3.8, 4) is 17.6 Å². The van der Waals surface area contributed by atoms with Gasteiger partial charge in [-0.3, -0.25) is 4.79 Å². The van der Waals surface area contributed by atoms with Gasteiger partial charge in [0.1, 0.15) is 23.1 Å². The highest BCUT2D eigenvalue weighted by Crippen LogP contribution is 2.27. The van der Waals surface area contributed by atoms with Gasteiger partial charge in [0.2, 0.25) is 0 Å². The summed E-state index contributed by atoms with van der Waals surface area (Å²) in [5.41, 5.74) is 0.847. The first-order chi connectivity index (χ1) is 11.5. The molecule has 0 saturated carbocycles. The molecule has 0 aliphatic carbocycles. The van der Waals surface area contributed by atoms with Crippen molar-refractivity contribution in [1.82, 2.24) is 0 Å². The molecule has 6 nitrogen and oxygen atoms in total. The molecule has 0 radical (unpaired) electrons. The molecule has 0 heterocycles. The third-order valence-electron chi connectivity index (χ3n) is 3.02. The topological polar surface area (TPSA) is 94.4 Å². The minimum atomic E-state index is -0.586. The van der Waals surface area contributed by atoms with Gasteiger partial charge >= 0.3 is 0 Å². The largest absolute Gasteiger partial charge is 0.508 e. The number of phenols is 1. The molecule has 0 atom stereocenters. The molecule has 7 heteroatoms. The predicted molar refractivity (Wildman–Crippen MR) is 92.1 cm³/mol. The number of phenolic OH excluding ortho intramolecular Hbond substituents is 1. The number of aromatic hydroxyl groups is 1. The summed E-state index contributed by atoms with van der Waals surface area (Å²) in [6.07, 6.45) is 1.27. The molecular weight excluding hydrogens is 330 g/mol. The van der Waals surface area contributed by atoms with Gasteiger partial charge in [0.25, 0.3) is 5.91 Å². The van der Waals surface area contributed by atoms with E-state index in [9.17, 15) is 9.90 Å². The fraction of sp³-hybridized carbons (Fsp3) is 0.0588. The van der Waals surface area contributed by atoms with Crippen molar-refractivity contribution in [3.05, 3.63) is 59.3 Å². The Kier molecular flexibility index (Phi) is 5.66. The standard InChI is InChI=1S/C17H14ClN3O3/c1-24-16-7-2-12(18)8-15(16)20-10-11(9-19)17(23)21-13-3-5-14(22)6-4-13/h2-8,10,20,22H,1H3,(H,21,23)/b11-10-. The van der Waals surface area contributed by atoms with Crippen LogP contribution in [0.5, 0.6) is 11.5 Å². The molecule has 0 unspecified atom stereocenters. The Morgan fingerprint density at radius 3 is 2.62 bits per heavy atom. The maximum Gasteiger partial charge on any atom is 0.267 e. The zero-order valence-corrected chi connectivity index (χ0v) is 13.5. The Balaban J connectivity index is 2.14. The number of hydrogen-bond acceptors (Lipinski definition) is 5. The Morgan fingerprint density at radius 2 is 2.00 bits per heavy atom. The van der Waals surface area contributed by atoms with Gasteiger partial charge in [-0.1, -0.05) is 11.6 Å². The maximum atomic E-state index is 12.1. The summed E-state index contributed by atoms with van der Waals surface area (Å²) in [7, 11) is 1.50. The first kappa shape index (κ1) is 17.2. The molecule has 122 valence electrons. The minimum Gasteiger partial charge on any atom is -0.508 e. The highest BCUT2D eigenvalue weighted by molar-refractivity contribution is 6.31. The van der Waals surface area contributed by atoms with Crippen molar-refractivity contribution in [2.24, 2.45) is 0 Å². The van der Waals surface area contributed by atoms with Crippen LogP contribution in [0.2, 0.25) is 5.02 Å². The average molecular weight is 344 g/mol. The summed E-state index contributed by atoms with van der Waals surface area (Å²) in [6.45, 7) is 0. The van der Waals surface area contributed by atoms with Gasteiger partial charge in [-0.15, -0.1) is 0 Å². The van der Waals surface area contributed by atoms with Crippen LogP contribution in [0.1, 0.15) is 0 Å². The number of benzene rings is 2. The number of hydrogen-bond donors (Lipinski definition) is 3. The molecule has 0 saturated heterocycles. The van der Waals surface area contributed by atoms with E-state index in [1.54, 1.807) is 18.2 Å². The number of carbonyl (C=O) groups excluding carboxylic acids is 1. The van der Waals surface area contributed by atoms with Crippen molar-refractivity contribution < 1.29 is 14.6 Å². The van der Waals surface area contributed by atoms with E-state index in [0.29, 0.717) is 22.1 Å². The van der Waals surface area contributed by atoms with Crippen molar-refractivity contribution in [2.45, 2.75) is 0 Å². The molecule has 24 heavy (non-hydrogen) atoms. The van der Waals surface area contributed by atoms with E-state index in [2.05, 4.69) is 10.6 Å². The van der Waals surface area contributed by atoms with Gasteiger partial charge in [-0.25, -0.2) is 0 Å². The Bertz CT molecular complexity index is 811. The first-order valence-electron chi connectivity index (χ1n) is 6.84. The number of methoxy groups -OCH3 is 1. The molecule has 1 amide bonds. The number of nitrogens with zero attached hydrogens (tertiary/aromatic N) is 1. The van der Waals surface area contributed by atoms with E-state index in [-0.39, 0.29) is 11.3 Å². The lowest BCUT2D eigenvalue weighted by Gasteiger charge is -2.09. The van der Waals surface area contributed by atoms with E-state index >= 15 is 0 Å². The number of halogens is 1. The maximum absolute atomic E-state index is 12.1. The highest BCUT2D eigenvalue weighted by Gasteiger charge is 2.10. The van der Waals surface area contributed by atoms with E-state index in [0.717, 1.165) is 0 Å². The van der Waals surface area contributed by atoms with Crippen molar-refractivity contribution >= 4 is 28.9 Å². The fourth-order valence-corrected chi connectivity index (χ4v) is 2.01. The number of rotatable bonds is 5. The fourth-order valence-electron chi connectivity index (χ4n) is 1.83. The summed E-state index contributed by atoms with van der Waals surface area (Å²) in [6, 6.07) is 12.7. The molecule has 2 aromatic rings. The van der Waals surface area contributed by atoms with Gasteiger partial charge in [-0.05, 0) is 42.5 Å². The molecule has 3 N–H and O–H groups in total. The molecule has 0 aromatic heterocycles. The van der Waals surface area contributed by atoms with Crippen LogP contribution in [0.3, 0.4) is 0 Å². The molecule has 0 spiro atoms. The molecule has 2 rings (SSSR count). The summed E-state index contributed by atoms with van der Waals surface area (Å²) in [5.74, 6) is 0.0160. The van der Waals surface area contributed by atoms with Crippen LogP contribution in [0.15, 0.2) is 54.2 Å². The summed E-state index contributed by atoms with van der Waals surface area (Å²) in [5, 5.41) is 24.3. The van der Waals surface area contributed by atoms with Crippen molar-refractivity contribution in [3.63, 3.8) is 0 Å². The smallest absolute Gasteiger partial charge is 0.267 e. The van der Waals surface area contributed by atoms with Crippen LogP contribution in [-0.4, -0.2) is 18.1 Å². The van der Waals surface area contributed by atoms with E-state index in [1.165, 1.54) is 37.6 Å². The summed E-state index contributed by atoms with van der Waals surface area (Å²) in [4.78, 5) is 12.1. The second-order valence-electron chi connectivity index (χ2n) is 4.66. The third kappa shape index (κ3) is 4.41. The number of nitriles is 1. The van der Waals surface area contributed by atoms with Crippen LogP contribution in [-0.2, 0) is 4.79 Å². The van der Waals surface area contributed by atoms with Gasteiger partial charge < -0.3 is 20.5 Å². The van der Waals surface area contributed by atoms with Crippen LogP contribution in [0, 0.1) is 11.3 Å². The SMILES string of the molecule is COc1ccc(Cl)cc1N/C=C(/C#N)C(=O)Nc1ccc(O)cc1. The van der Waals surface area contributed by atoms with E-state index < -0.39 is 5.91 Å². The lowest BCUT2D eigenvalue weighted by atomic mass is 10.2. The van der Waals surface area contributed by atoms with Gasteiger partial charge in [-0.2, -0.15) is 5.26 Å². The second-order valence-corrected chi connectivity index (χ2v) is 5.10. The molecule has 0 aliphatic heterocycles. The van der Waals surface area contributed by atoms with Crippen LogP contribution in [0.25, 0.3) is 0 Å². The quantitative estimate of drug-likeness (QED) is 0.438. The zero-order valence-electron chi connectivity index (χ0n) is 12.7. The molecule has 0 bridgehead atoms. The van der Waals surface area contributed by atoms with Gasteiger partial charge in [0.15, 0.2) is 0 Å². The van der Waals surface area contributed by atoms with Crippen LogP contribution < -0.4 is 15.4 Å². The molecule has 0 fully saturated rings. The molecule has 0 aliphatic rings. The minimum absolute atomic E-state index is 0.0822. The van der Waals surface area contributed by atoms with Crippen molar-refractivity contribution in [1.29, 1.82) is 5.26 Å². The van der Waals surface area contributed by atoms with E-state index in [4.69, 9.17) is 21.6 Å². The molecule has 2 aromatic carbocycles. The predicted octanol–water partition coefficient (Wildman–Crippen LogP) is 3.51. The lowest BCUT2D eigenvalue weighted by Crippen LogP contribution is -2.14. The number of nitrogens with one attached hydrogen (secondary N) is 2. The monoisotopic (exact) mass is 343 g/mol. The van der Waals surface area contributed by atoms with Crippen LogP contribution >= 0.6 is 11.6 Å². The first-order valence-corrected chi connectivity index (χ1v) is 7.22. The molecular formula is C17H14ClN3O3. The number of ether oxygens (including phenoxy) is 1. The zero-order chi connectivity index (χ0) is 17.5. The average Bonchev–Trinajstić information content (AvgIpc) is 2.57. The van der Waals surface area contributed by atoms with Crippen molar-refractivity contribution in [2.75, 3.05) is 17.7 Å². The third-order valence-corrected chi connectivity index (χ3v) is 3.26.